The van der Waals surface area contributed by atoms with E-state index in [1.165, 1.54) is 0 Å². The maximum Gasteiger partial charge on any atom is 0.155 e. The van der Waals surface area contributed by atoms with Gasteiger partial charge in [-0.05, 0) is 24.1 Å². The van der Waals surface area contributed by atoms with Crippen molar-refractivity contribution in [1.29, 1.82) is 0 Å². The molecule has 1 N–H and O–H groups in total. The lowest BCUT2D eigenvalue weighted by Gasteiger charge is -2.16. The Hall–Kier alpha value is -1.88. The second kappa shape index (κ2) is 5.01. The SMILES string of the molecule is COc1cccc(Cc2nc3n(n2)CC(O)CC3)c1. The van der Waals surface area contributed by atoms with Crippen molar-refractivity contribution in [1.82, 2.24) is 14.8 Å². The molecule has 19 heavy (non-hydrogen) atoms. The van der Waals surface area contributed by atoms with Crippen LogP contribution in [0.2, 0.25) is 0 Å². The van der Waals surface area contributed by atoms with Crippen LogP contribution in [0.4, 0.5) is 0 Å². The van der Waals surface area contributed by atoms with Gasteiger partial charge in [-0.2, -0.15) is 5.10 Å². The fourth-order valence-electron chi connectivity index (χ4n) is 2.38. The third-order valence-corrected chi connectivity index (χ3v) is 3.37. The number of hydrogen-bond donors (Lipinski definition) is 1. The van der Waals surface area contributed by atoms with Crippen molar-refractivity contribution < 1.29 is 9.84 Å². The first-order valence-electron chi connectivity index (χ1n) is 6.48. The number of nitrogens with zero attached hydrogens (tertiary/aromatic N) is 3. The van der Waals surface area contributed by atoms with Gasteiger partial charge in [0, 0.05) is 12.8 Å². The largest absolute Gasteiger partial charge is 0.497 e. The van der Waals surface area contributed by atoms with Crippen molar-refractivity contribution in [2.75, 3.05) is 7.11 Å². The van der Waals surface area contributed by atoms with Crippen molar-refractivity contribution in [2.24, 2.45) is 0 Å². The Morgan fingerprint density at radius 2 is 2.37 bits per heavy atom. The van der Waals surface area contributed by atoms with Gasteiger partial charge in [0.1, 0.15) is 11.6 Å². The third-order valence-electron chi connectivity index (χ3n) is 3.37. The van der Waals surface area contributed by atoms with Gasteiger partial charge in [0.05, 0.1) is 19.8 Å². The highest BCUT2D eigenvalue weighted by molar-refractivity contribution is 5.30. The van der Waals surface area contributed by atoms with Gasteiger partial charge in [-0.15, -0.1) is 0 Å². The van der Waals surface area contributed by atoms with Crippen LogP contribution < -0.4 is 4.74 Å². The average Bonchev–Trinajstić information content (AvgIpc) is 2.80. The zero-order chi connectivity index (χ0) is 13.2. The van der Waals surface area contributed by atoms with Crippen LogP contribution in [0, 0.1) is 0 Å². The van der Waals surface area contributed by atoms with E-state index < -0.39 is 0 Å². The third kappa shape index (κ3) is 2.61. The number of hydrogen-bond acceptors (Lipinski definition) is 4. The molecule has 0 bridgehead atoms. The van der Waals surface area contributed by atoms with E-state index in [1.807, 2.05) is 28.9 Å². The molecule has 1 atom stereocenters. The molecule has 1 aliphatic rings. The van der Waals surface area contributed by atoms with E-state index in [0.29, 0.717) is 13.0 Å². The van der Waals surface area contributed by atoms with Crippen LogP contribution >= 0.6 is 0 Å². The smallest absolute Gasteiger partial charge is 0.155 e. The quantitative estimate of drug-likeness (QED) is 0.899. The number of fused-ring (bicyclic) bond motifs is 1. The van der Waals surface area contributed by atoms with Gasteiger partial charge in [-0.3, -0.25) is 0 Å². The van der Waals surface area contributed by atoms with E-state index in [9.17, 15) is 5.11 Å². The molecule has 0 saturated carbocycles. The van der Waals surface area contributed by atoms with Crippen molar-refractivity contribution in [2.45, 2.75) is 31.9 Å². The summed E-state index contributed by atoms with van der Waals surface area (Å²) in [6.07, 6.45) is 1.97. The number of aromatic nitrogens is 3. The summed E-state index contributed by atoms with van der Waals surface area (Å²) in [5.41, 5.74) is 1.13. The zero-order valence-corrected chi connectivity index (χ0v) is 10.9. The molecule has 0 amide bonds. The Balaban J connectivity index is 1.80. The minimum atomic E-state index is -0.293. The van der Waals surface area contributed by atoms with Gasteiger partial charge in [-0.1, -0.05) is 12.1 Å². The maximum absolute atomic E-state index is 9.62. The second-order valence-electron chi connectivity index (χ2n) is 4.85. The molecule has 5 nitrogen and oxygen atoms in total. The van der Waals surface area contributed by atoms with E-state index >= 15 is 0 Å². The topological polar surface area (TPSA) is 60.2 Å². The molecule has 1 aliphatic heterocycles. The van der Waals surface area contributed by atoms with Crippen LogP contribution in [0.15, 0.2) is 24.3 Å². The Morgan fingerprint density at radius 3 is 3.21 bits per heavy atom. The lowest BCUT2D eigenvalue weighted by atomic mass is 10.1. The van der Waals surface area contributed by atoms with Crippen LogP contribution in [0.25, 0.3) is 0 Å². The van der Waals surface area contributed by atoms with E-state index in [2.05, 4.69) is 10.1 Å². The summed E-state index contributed by atoms with van der Waals surface area (Å²) < 4.78 is 7.03. The predicted molar refractivity (Wildman–Crippen MR) is 70.1 cm³/mol. The van der Waals surface area contributed by atoms with Crippen LogP contribution in [0.5, 0.6) is 5.75 Å². The molecule has 5 heteroatoms. The molecular formula is C14H17N3O2. The van der Waals surface area contributed by atoms with E-state index in [-0.39, 0.29) is 6.10 Å². The maximum atomic E-state index is 9.62. The zero-order valence-electron chi connectivity index (χ0n) is 10.9. The van der Waals surface area contributed by atoms with Gasteiger partial charge in [0.15, 0.2) is 5.82 Å². The van der Waals surface area contributed by atoms with Crippen LogP contribution in [-0.4, -0.2) is 33.1 Å². The number of aliphatic hydroxyl groups is 1. The number of methoxy groups -OCH3 is 1. The van der Waals surface area contributed by atoms with Crippen molar-refractivity contribution in [3.63, 3.8) is 0 Å². The summed E-state index contributed by atoms with van der Waals surface area (Å²) >= 11 is 0. The number of benzene rings is 1. The molecule has 1 aromatic carbocycles. The molecule has 2 heterocycles. The Bertz CT molecular complexity index is 580. The average molecular weight is 259 g/mol. The fraction of sp³-hybridized carbons (Fsp3) is 0.429. The minimum Gasteiger partial charge on any atom is -0.497 e. The van der Waals surface area contributed by atoms with Crippen LogP contribution in [-0.2, 0) is 19.4 Å². The van der Waals surface area contributed by atoms with Gasteiger partial charge in [-0.25, -0.2) is 9.67 Å². The normalized spacial score (nSPS) is 18.1. The van der Waals surface area contributed by atoms with Gasteiger partial charge in [0.25, 0.3) is 0 Å². The second-order valence-corrected chi connectivity index (χ2v) is 4.85. The molecular weight excluding hydrogens is 242 g/mol. The number of rotatable bonds is 3. The highest BCUT2D eigenvalue weighted by Crippen LogP contribution is 2.17. The highest BCUT2D eigenvalue weighted by Gasteiger charge is 2.19. The first kappa shape index (κ1) is 12.2. The number of aliphatic hydroxyl groups excluding tert-OH is 1. The van der Waals surface area contributed by atoms with E-state index in [4.69, 9.17) is 4.74 Å². The van der Waals surface area contributed by atoms with Crippen molar-refractivity contribution in [3.05, 3.63) is 41.5 Å². The molecule has 0 radical (unpaired) electrons. The lowest BCUT2D eigenvalue weighted by molar-refractivity contribution is 0.124. The Morgan fingerprint density at radius 1 is 1.47 bits per heavy atom. The van der Waals surface area contributed by atoms with Crippen molar-refractivity contribution >= 4 is 0 Å². The van der Waals surface area contributed by atoms with Crippen LogP contribution in [0.1, 0.15) is 23.6 Å². The lowest BCUT2D eigenvalue weighted by Crippen LogP contribution is -2.25. The van der Waals surface area contributed by atoms with Gasteiger partial charge in [0.2, 0.25) is 0 Å². The van der Waals surface area contributed by atoms with E-state index in [1.54, 1.807) is 7.11 Å². The minimum absolute atomic E-state index is 0.293. The molecule has 0 fully saturated rings. The van der Waals surface area contributed by atoms with Crippen molar-refractivity contribution in [3.8, 4) is 5.75 Å². The summed E-state index contributed by atoms with van der Waals surface area (Å²) in [5, 5.41) is 14.1. The molecule has 100 valence electrons. The first-order chi connectivity index (χ1) is 9.24. The summed E-state index contributed by atoms with van der Waals surface area (Å²) in [6, 6.07) is 7.92. The first-order valence-corrected chi connectivity index (χ1v) is 6.48. The van der Waals surface area contributed by atoms with E-state index in [0.717, 1.165) is 35.8 Å². The summed E-state index contributed by atoms with van der Waals surface area (Å²) in [5.74, 6) is 2.62. The molecule has 0 aliphatic carbocycles. The monoisotopic (exact) mass is 259 g/mol. The molecule has 1 aromatic heterocycles. The molecule has 0 saturated heterocycles. The Labute approximate surface area is 111 Å². The summed E-state index contributed by atoms with van der Waals surface area (Å²) in [7, 11) is 1.66. The summed E-state index contributed by atoms with van der Waals surface area (Å²) in [4.78, 5) is 4.54. The molecule has 0 spiro atoms. The molecule has 2 aromatic rings. The molecule has 3 rings (SSSR count). The fourth-order valence-corrected chi connectivity index (χ4v) is 2.38. The Kier molecular flexibility index (Phi) is 3.21. The predicted octanol–water partition coefficient (Wildman–Crippen LogP) is 1.18. The summed E-state index contributed by atoms with van der Waals surface area (Å²) in [6.45, 7) is 0.556. The number of aryl methyl sites for hydroxylation is 1. The van der Waals surface area contributed by atoms with Gasteiger partial charge < -0.3 is 9.84 Å². The van der Waals surface area contributed by atoms with Crippen LogP contribution in [0.3, 0.4) is 0 Å². The molecule has 1 unspecified atom stereocenters. The standard InChI is InChI=1S/C14H17N3O2/c1-19-12-4-2-3-10(7-12)8-13-15-14-6-5-11(18)9-17(14)16-13/h2-4,7,11,18H,5-6,8-9H2,1H3. The number of ether oxygens (including phenoxy) is 1. The van der Waals surface area contributed by atoms with Gasteiger partial charge >= 0.3 is 0 Å². The highest BCUT2D eigenvalue weighted by atomic mass is 16.5.